The summed E-state index contributed by atoms with van der Waals surface area (Å²) in [5.41, 5.74) is 1.05. The van der Waals surface area contributed by atoms with E-state index in [0.29, 0.717) is 0 Å². The first-order chi connectivity index (χ1) is 7.68. The van der Waals surface area contributed by atoms with Gasteiger partial charge in [-0.1, -0.05) is 18.2 Å². The number of fused-ring (bicyclic) bond motifs is 1. The van der Waals surface area contributed by atoms with Gasteiger partial charge in [0, 0.05) is 23.7 Å². The van der Waals surface area contributed by atoms with Crippen molar-refractivity contribution in [2.75, 3.05) is 12.9 Å². The van der Waals surface area contributed by atoms with Gasteiger partial charge in [-0.25, -0.2) is 0 Å². The summed E-state index contributed by atoms with van der Waals surface area (Å²) in [7, 11) is 1.75. The smallest absolute Gasteiger partial charge is 0.693 e. The molecule has 1 aliphatic heterocycles. The van der Waals surface area contributed by atoms with Crippen LogP contribution in [0.25, 0.3) is 0 Å². The van der Waals surface area contributed by atoms with Crippen LogP contribution in [0.1, 0.15) is 24.8 Å². The van der Waals surface area contributed by atoms with Crippen LogP contribution in [0.3, 0.4) is 0 Å². The van der Waals surface area contributed by atoms with E-state index in [1.807, 2.05) is 23.9 Å². The van der Waals surface area contributed by atoms with Gasteiger partial charge < -0.3 is 17.1 Å². The van der Waals surface area contributed by atoms with Crippen molar-refractivity contribution in [3.8, 4) is 5.92 Å². The van der Waals surface area contributed by atoms with Gasteiger partial charge in [0.1, 0.15) is 0 Å². The minimum atomic E-state index is -0.164. The number of hydrogen-bond donors (Lipinski definition) is 0. The SMILES string of the molecule is [C-]#CC1CC(C)(OC)CSc2ccccc21.[Ru+]. The quantitative estimate of drug-likeness (QED) is 0.443. The summed E-state index contributed by atoms with van der Waals surface area (Å²) < 4.78 is 5.58. The van der Waals surface area contributed by atoms with Crippen molar-refractivity contribution < 1.29 is 24.2 Å². The van der Waals surface area contributed by atoms with Crippen molar-refractivity contribution in [3.63, 3.8) is 0 Å². The molecule has 1 aliphatic rings. The van der Waals surface area contributed by atoms with Crippen LogP contribution in [0.4, 0.5) is 0 Å². The number of hydrogen-bond acceptors (Lipinski definition) is 2. The second-order valence-electron chi connectivity index (χ2n) is 4.38. The summed E-state index contributed by atoms with van der Waals surface area (Å²) in [6, 6.07) is 8.28. The topological polar surface area (TPSA) is 9.23 Å². The normalized spacial score (nSPS) is 27.2. The van der Waals surface area contributed by atoms with E-state index >= 15 is 0 Å². The second kappa shape index (κ2) is 6.05. The average molecular weight is 332 g/mol. The molecule has 3 heteroatoms. The number of ether oxygens (including phenoxy) is 1. The van der Waals surface area contributed by atoms with E-state index in [0.717, 1.165) is 12.2 Å². The van der Waals surface area contributed by atoms with Crippen LogP contribution in [0.5, 0.6) is 0 Å². The predicted molar refractivity (Wildman–Crippen MR) is 67.1 cm³/mol. The van der Waals surface area contributed by atoms with Gasteiger partial charge >= 0.3 is 19.5 Å². The number of methoxy groups -OCH3 is 1. The maximum absolute atomic E-state index is 7.46. The zero-order valence-corrected chi connectivity index (χ0v) is 12.5. The fourth-order valence-electron chi connectivity index (χ4n) is 2.00. The molecule has 1 aromatic rings. The molecule has 0 N–H and O–H groups in total. The Morgan fingerprint density at radius 3 is 2.82 bits per heavy atom. The van der Waals surface area contributed by atoms with Crippen LogP contribution in [-0.2, 0) is 24.2 Å². The van der Waals surface area contributed by atoms with E-state index in [9.17, 15) is 0 Å². The molecule has 17 heavy (non-hydrogen) atoms. The molecule has 2 unspecified atom stereocenters. The van der Waals surface area contributed by atoms with Gasteiger partial charge in [0.2, 0.25) is 0 Å². The van der Waals surface area contributed by atoms with Crippen molar-refractivity contribution in [2.24, 2.45) is 0 Å². The zero-order chi connectivity index (χ0) is 11.6. The van der Waals surface area contributed by atoms with Gasteiger partial charge in [0.05, 0.1) is 5.60 Å². The maximum atomic E-state index is 7.46. The molecule has 0 bridgehead atoms. The van der Waals surface area contributed by atoms with E-state index < -0.39 is 0 Å². The van der Waals surface area contributed by atoms with Gasteiger partial charge in [0.15, 0.2) is 0 Å². The van der Waals surface area contributed by atoms with Crippen molar-refractivity contribution in [1.82, 2.24) is 0 Å². The molecule has 1 aromatic carbocycles. The van der Waals surface area contributed by atoms with Crippen molar-refractivity contribution in [3.05, 3.63) is 36.3 Å². The average Bonchev–Trinajstić information content (AvgIpc) is 2.48. The molecule has 2 rings (SSSR count). The second-order valence-corrected chi connectivity index (χ2v) is 5.40. The Hall–Kier alpha value is -0.287. The number of thioether (sulfide) groups is 1. The Balaban J connectivity index is 0.00000144. The number of rotatable bonds is 1. The van der Waals surface area contributed by atoms with Crippen LogP contribution < -0.4 is 0 Å². The fraction of sp³-hybridized carbons (Fsp3) is 0.429. The van der Waals surface area contributed by atoms with Gasteiger partial charge in [-0.05, 0) is 25.0 Å². The molecule has 2 atom stereocenters. The van der Waals surface area contributed by atoms with E-state index in [2.05, 4.69) is 25.0 Å². The maximum Gasteiger partial charge on any atom is 1.00 e. The molecule has 0 aromatic heterocycles. The van der Waals surface area contributed by atoms with Crippen LogP contribution >= 0.6 is 11.8 Å². The summed E-state index contributed by atoms with van der Waals surface area (Å²) in [4.78, 5) is 1.26. The molecule has 0 spiro atoms. The molecular formula is C14H15ORuS. The fourth-order valence-corrected chi connectivity index (χ4v) is 3.25. The van der Waals surface area contributed by atoms with E-state index in [-0.39, 0.29) is 31.0 Å². The third kappa shape index (κ3) is 3.13. The molecular weight excluding hydrogens is 317 g/mol. The van der Waals surface area contributed by atoms with E-state index in [4.69, 9.17) is 11.2 Å². The predicted octanol–water partition coefficient (Wildman–Crippen LogP) is 3.26. The van der Waals surface area contributed by atoms with Crippen molar-refractivity contribution in [1.29, 1.82) is 0 Å². The third-order valence-corrected chi connectivity index (χ3v) is 4.57. The van der Waals surface area contributed by atoms with Gasteiger partial charge in [-0.3, -0.25) is 0 Å². The van der Waals surface area contributed by atoms with Crippen LogP contribution in [-0.4, -0.2) is 18.5 Å². The van der Waals surface area contributed by atoms with Gasteiger partial charge in [0.25, 0.3) is 0 Å². The Labute approximate surface area is 120 Å². The first kappa shape index (κ1) is 14.8. The van der Waals surface area contributed by atoms with Crippen molar-refractivity contribution in [2.45, 2.75) is 29.8 Å². The molecule has 1 heterocycles. The Kier molecular flexibility index (Phi) is 5.26. The molecule has 0 aliphatic carbocycles. The van der Waals surface area contributed by atoms with Crippen LogP contribution in [0.15, 0.2) is 29.2 Å². The molecule has 0 saturated heterocycles. The Morgan fingerprint density at radius 2 is 2.18 bits per heavy atom. The van der Waals surface area contributed by atoms with Crippen molar-refractivity contribution >= 4 is 11.8 Å². The Morgan fingerprint density at radius 1 is 1.47 bits per heavy atom. The zero-order valence-electron chi connectivity index (χ0n) is 9.97. The summed E-state index contributed by atoms with van der Waals surface area (Å²) in [5, 5.41) is 0. The minimum absolute atomic E-state index is 0. The van der Waals surface area contributed by atoms with E-state index in [1.54, 1.807) is 7.11 Å². The minimum Gasteiger partial charge on any atom is -0.693 e. The molecule has 1 nitrogen and oxygen atoms in total. The monoisotopic (exact) mass is 333 g/mol. The first-order valence-electron chi connectivity index (χ1n) is 5.38. The molecule has 0 fully saturated rings. The van der Waals surface area contributed by atoms with Crippen LogP contribution in [0.2, 0.25) is 0 Å². The van der Waals surface area contributed by atoms with Gasteiger partial charge in [-0.2, -0.15) is 0 Å². The molecule has 0 amide bonds. The Bertz CT molecular complexity index is 426. The summed E-state index contributed by atoms with van der Waals surface area (Å²) in [6.45, 7) is 2.11. The standard InChI is InChI=1S/C14H15OS.Ru/c1-4-11-9-14(2,15-3)10-16-13-8-6-5-7-12(11)13;/h5-8,11H,9-10H2,2-3H3;/q-1;+1. The summed E-state index contributed by atoms with van der Waals surface area (Å²) in [6.07, 6.45) is 8.29. The first-order valence-corrected chi connectivity index (χ1v) is 6.36. The van der Waals surface area contributed by atoms with E-state index in [1.165, 1.54) is 10.5 Å². The largest absolute Gasteiger partial charge is 1.00 e. The summed E-state index contributed by atoms with van der Waals surface area (Å²) >= 11 is 1.81. The summed E-state index contributed by atoms with van der Waals surface area (Å²) in [5.74, 6) is 3.63. The molecule has 1 radical (unpaired) electrons. The number of benzene rings is 1. The van der Waals surface area contributed by atoms with Crippen LogP contribution in [0, 0.1) is 12.3 Å². The third-order valence-electron chi connectivity index (χ3n) is 3.13. The molecule has 0 saturated carbocycles. The molecule has 91 valence electrons. The van der Waals surface area contributed by atoms with Gasteiger partial charge in [-0.15, -0.1) is 11.8 Å².